The van der Waals surface area contributed by atoms with Gasteiger partial charge in [-0.15, -0.1) is 0 Å². The van der Waals surface area contributed by atoms with Gasteiger partial charge in [-0.05, 0) is 25.0 Å². The van der Waals surface area contributed by atoms with E-state index < -0.39 is 0 Å². The SMILES string of the molecule is Cc1cnc2c(c1)C(C)N(CC(=O)N(C)C)CC2. The number of pyridine rings is 1. The first kappa shape index (κ1) is 13.0. The van der Waals surface area contributed by atoms with Crippen molar-refractivity contribution in [1.82, 2.24) is 14.8 Å². The van der Waals surface area contributed by atoms with E-state index in [1.807, 2.05) is 6.20 Å². The number of hydrogen-bond acceptors (Lipinski definition) is 3. The molecular formula is C14H21N3O. The Morgan fingerprint density at radius 1 is 1.56 bits per heavy atom. The molecule has 0 N–H and O–H groups in total. The molecule has 18 heavy (non-hydrogen) atoms. The topological polar surface area (TPSA) is 36.4 Å². The van der Waals surface area contributed by atoms with Gasteiger partial charge in [0.05, 0.1) is 6.54 Å². The summed E-state index contributed by atoms with van der Waals surface area (Å²) < 4.78 is 0. The fourth-order valence-corrected chi connectivity index (χ4v) is 2.36. The van der Waals surface area contributed by atoms with Crippen molar-refractivity contribution in [2.45, 2.75) is 26.3 Å². The summed E-state index contributed by atoms with van der Waals surface area (Å²) in [6.45, 7) is 5.61. The van der Waals surface area contributed by atoms with Crippen molar-refractivity contribution in [1.29, 1.82) is 0 Å². The summed E-state index contributed by atoms with van der Waals surface area (Å²) in [6, 6.07) is 2.46. The highest BCUT2D eigenvalue weighted by atomic mass is 16.2. The Morgan fingerprint density at radius 3 is 2.94 bits per heavy atom. The van der Waals surface area contributed by atoms with E-state index in [-0.39, 0.29) is 11.9 Å². The summed E-state index contributed by atoms with van der Waals surface area (Å²) in [7, 11) is 3.60. The molecule has 1 aliphatic rings. The number of carbonyl (C=O) groups is 1. The van der Waals surface area contributed by atoms with Crippen LogP contribution in [-0.2, 0) is 11.2 Å². The molecule has 98 valence electrons. The fourth-order valence-electron chi connectivity index (χ4n) is 2.36. The molecule has 0 spiro atoms. The number of carbonyl (C=O) groups excluding carboxylic acids is 1. The Balaban J connectivity index is 2.17. The van der Waals surface area contributed by atoms with Crippen molar-refractivity contribution in [3.05, 3.63) is 29.1 Å². The normalized spacial score (nSPS) is 19.4. The molecule has 0 fully saturated rings. The van der Waals surface area contributed by atoms with Crippen LogP contribution >= 0.6 is 0 Å². The average Bonchev–Trinajstić information content (AvgIpc) is 2.33. The van der Waals surface area contributed by atoms with Crippen LogP contribution < -0.4 is 0 Å². The maximum atomic E-state index is 11.8. The zero-order valence-electron chi connectivity index (χ0n) is 11.6. The minimum atomic E-state index is 0.158. The second-order valence-electron chi connectivity index (χ2n) is 5.23. The van der Waals surface area contributed by atoms with Crippen LogP contribution in [0.3, 0.4) is 0 Å². The third-order valence-corrected chi connectivity index (χ3v) is 3.61. The number of aromatic nitrogens is 1. The number of likely N-dealkylation sites (N-methyl/N-ethyl adjacent to an activating group) is 1. The van der Waals surface area contributed by atoms with Crippen molar-refractivity contribution in [2.24, 2.45) is 0 Å². The summed E-state index contributed by atoms with van der Waals surface area (Å²) >= 11 is 0. The summed E-state index contributed by atoms with van der Waals surface area (Å²) in [4.78, 5) is 20.2. The molecule has 0 radical (unpaired) electrons. The first-order valence-corrected chi connectivity index (χ1v) is 6.38. The molecule has 1 aromatic heterocycles. The molecule has 0 aromatic carbocycles. The van der Waals surface area contributed by atoms with Gasteiger partial charge in [-0.2, -0.15) is 0 Å². The van der Waals surface area contributed by atoms with Gasteiger partial charge in [0.2, 0.25) is 5.91 Å². The van der Waals surface area contributed by atoms with E-state index in [2.05, 4.69) is 29.8 Å². The predicted octanol–water partition coefficient (Wildman–Crippen LogP) is 1.40. The minimum Gasteiger partial charge on any atom is -0.348 e. The van der Waals surface area contributed by atoms with Gasteiger partial charge < -0.3 is 4.90 Å². The number of rotatable bonds is 2. The van der Waals surface area contributed by atoms with Crippen LogP contribution in [0.1, 0.15) is 29.8 Å². The van der Waals surface area contributed by atoms with Crippen molar-refractivity contribution in [2.75, 3.05) is 27.2 Å². The molecule has 0 saturated carbocycles. The Morgan fingerprint density at radius 2 is 2.28 bits per heavy atom. The van der Waals surface area contributed by atoms with Gasteiger partial charge in [-0.25, -0.2) is 0 Å². The number of aryl methyl sites for hydroxylation is 1. The highest BCUT2D eigenvalue weighted by Gasteiger charge is 2.26. The van der Waals surface area contributed by atoms with Gasteiger partial charge in [-0.1, -0.05) is 6.07 Å². The Bertz CT molecular complexity index is 456. The van der Waals surface area contributed by atoms with Crippen LogP contribution in [0.15, 0.2) is 12.3 Å². The maximum Gasteiger partial charge on any atom is 0.236 e. The molecule has 1 aliphatic heterocycles. The minimum absolute atomic E-state index is 0.158. The predicted molar refractivity (Wildman–Crippen MR) is 71.4 cm³/mol. The van der Waals surface area contributed by atoms with Gasteiger partial charge >= 0.3 is 0 Å². The molecule has 2 rings (SSSR count). The van der Waals surface area contributed by atoms with E-state index in [0.29, 0.717) is 6.54 Å². The Kier molecular flexibility index (Phi) is 3.66. The molecule has 0 saturated heterocycles. The molecule has 2 heterocycles. The van der Waals surface area contributed by atoms with Gasteiger partial charge in [0.15, 0.2) is 0 Å². The molecule has 1 atom stereocenters. The highest BCUT2D eigenvalue weighted by molar-refractivity contribution is 5.77. The second-order valence-corrected chi connectivity index (χ2v) is 5.23. The standard InChI is InChI=1S/C14H21N3O/c1-10-7-12-11(2)17(9-14(18)16(3)4)6-5-13(12)15-8-10/h7-8,11H,5-6,9H2,1-4H3. The van der Waals surface area contributed by atoms with Gasteiger partial charge in [0.25, 0.3) is 0 Å². The van der Waals surface area contributed by atoms with E-state index in [1.54, 1.807) is 19.0 Å². The monoisotopic (exact) mass is 247 g/mol. The van der Waals surface area contributed by atoms with E-state index in [9.17, 15) is 4.79 Å². The van der Waals surface area contributed by atoms with Crippen LogP contribution in [-0.4, -0.2) is 47.9 Å². The lowest BCUT2D eigenvalue weighted by atomic mass is 9.97. The lowest BCUT2D eigenvalue weighted by Gasteiger charge is -2.34. The van der Waals surface area contributed by atoms with E-state index in [1.165, 1.54) is 16.8 Å². The van der Waals surface area contributed by atoms with Crippen molar-refractivity contribution >= 4 is 5.91 Å². The van der Waals surface area contributed by atoms with Crippen LogP contribution in [0.4, 0.5) is 0 Å². The van der Waals surface area contributed by atoms with Crippen molar-refractivity contribution in [3.8, 4) is 0 Å². The quantitative estimate of drug-likeness (QED) is 0.792. The second kappa shape index (κ2) is 5.06. The highest BCUT2D eigenvalue weighted by Crippen LogP contribution is 2.28. The van der Waals surface area contributed by atoms with E-state index in [0.717, 1.165) is 13.0 Å². The third kappa shape index (κ3) is 2.53. The molecular weight excluding hydrogens is 226 g/mol. The first-order chi connectivity index (χ1) is 8.49. The number of fused-ring (bicyclic) bond motifs is 1. The van der Waals surface area contributed by atoms with Crippen LogP contribution in [0.25, 0.3) is 0 Å². The molecule has 1 aromatic rings. The number of nitrogens with zero attached hydrogens (tertiary/aromatic N) is 3. The van der Waals surface area contributed by atoms with Crippen molar-refractivity contribution in [3.63, 3.8) is 0 Å². The Labute approximate surface area is 109 Å². The van der Waals surface area contributed by atoms with Crippen molar-refractivity contribution < 1.29 is 4.79 Å². The summed E-state index contributed by atoms with van der Waals surface area (Å²) in [5, 5.41) is 0. The maximum absolute atomic E-state index is 11.8. The smallest absolute Gasteiger partial charge is 0.236 e. The molecule has 4 nitrogen and oxygen atoms in total. The summed E-state index contributed by atoms with van der Waals surface area (Å²) in [5.74, 6) is 0.158. The molecule has 1 amide bonds. The zero-order chi connectivity index (χ0) is 13.3. The fraction of sp³-hybridized carbons (Fsp3) is 0.571. The van der Waals surface area contributed by atoms with Gasteiger partial charge in [0.1, 0.15) is 0 Å². The molecule has 4 heteroatoms. The molecule has 0 bridgehead atoms. The van der Waals surface area contributed by atoms with E-state index >= 15 is 0 Å². The number of amides is 1. The van der Waals surface area contributed by atoms with Crippen LogP contribution in [0.2, 0.25) is 0 Å². The van der Waals surface area contributed by atoms with Crippen LogP contribution in [0, 0.1) is 6.92 Å². The van der Waals surface area contributed by atoms with Crippen LogP contribution in [0.5, 0.6) is 0 Å². The van der Waals surface area contributed by atoms with Gasteiger partial charge in [-0.3, -0.25) is 14.7 Å². The largest absolute Gasteiger partial charge is 0.348 e. The summed E-state index contributed by atoms with van der Waals surface area (Å²) in [6.07, 6.45) is 2.85. The van der Waals surface area contributed by atoms with E-state index in [4.69, 9.17) is 0 Å². The summed E-state index contributed by atoms with van der Waals surface area (Å²) in [5.41, 5.74) is 3.64. The lowest BCUT2D eigenvalue weighted by Crippen LogP contribution is -2.41. The molecule has 0 aliphatic carbocycles. The zero-order valence-corrected chi connectivity index (χ0v) is 11.6. The average molecular weight is 247 g/mol. The number of hydrogen-bond donors (Lipinski definition) is 0. The first-order valence-electron chi connectivity index (χ1n) is 6.38. The molecule has 1 unspecified atom stereocenters. The Hall–Kier alpha value is -1.42. The van der Waals surface area contributed by atoms with Gasteiger partial charge in [0, 0.05) is 45.0 Å². The lowest BCUT2D eigenvalue weighted by molar-refractivity contribution is -0.130. The third-order valence-electron chi connectivity index (χ3n) is 3.61.